The first-order chi connectivity index (χ1) is 10.7. The third-order valence-electron chi connectivity index (χ3n) is 3.83. The second-order valence-electron chi connectivity index (χ2n) is 5.09. The minimum Gasteiger partial charge on any atom is -0.371 e. The van der Waals surface area contributed by atoms with E-state index >= 15 is 0 Å². The first-order valence-electron chi connectivity index (χ1n) is 7.01. The monoisotopic (exact) mass is 305 g/mol. The number of carbonyl (C=O) groups excluding carboxylic acids is 1. The van der Waals surface area contributed by atoms with Crippen molar-refractivity contribution >= 4 is 5.78 Å². The van der Waals surface area contributed by atoms with Crippen molar-refractivity contribution in [2.24, 2.45) is 5.11 Å². The van der Waals surface area contributed by atoms with Crippen LogP contribution in [0.25, 0.3) is 10.4 Å². The number of carbonyl (C=O) groups is 1. The van der Waals surface area contributed by atoms with Gasteiger partial charge in [-0.3, -0.25) is 4.79 Å². The molecule has 0 bridgehead atoms. The van der Waals surface area contributed by atoms with Gasteiger partial charge in [-0.25, -0.2) is 0 Å². The van der Waals surface area contributed by atoms with E-state index in [0.29, 0.717) is 18.4 Å². The number of Topliss-reactive ketones (excluding diaryl/α,β-unsaturated/α-hetero) is 1. The van der Waals surface area contributed by atoms with Crippen LogP contribution in [0.5, 0.6) is 0 Å². The Morgan fingerprint density at radius 3 is 2.82 bits per heavy atom. The van der Waals surface area contributed by atoms with Gasteiger partial charge in [0.2, 0.25) is 0 Å². The van der Waals surface area contributed by atoms with Crippen LogP contribution in [0.4, 0.5) is 0 Å². The van der Waals surface area contributed by atoms with E-state index in [1.54, 1.807) is 24.3 Å². The molecule has 3 atom stereocenters. The van der Waals surface area contributed by atoms with Crippen LogP contribution in [0.2, 0.25) is 0 Å². The lowest BCUT2D eigenvalue weighted by atomic mass is 10.00. The summed E-state index contributed by atoms with van der Waals surface area (Å²) < 4.78 is 16.6. The molecule has 0 aromatic heterocycles. The van der Waals surface area contributed by atoms with Gasteiger partial charge in [0.05, 0.1) is 12.6 Å². The van der Waals surface area contributed by atoms with Gasteiger partial charge < -0.3 is 14.2 Å². The van der Waals surface area contributed by atoms with Crippen LogP contribution >= 0.6 is 0 Å². The summed E-state index contributed by atoms with van der Waals surface area (Å²) in [5, 5.41) is 3.52. The van der Waals surface area contributed by atoms with Crippen molar-refractivity contribution in [1.29, 1.82) is 0 Å². The summed E-state index contributed by atoms with van der Waals surface area (Å²) >= 11 is 0. The molecule has 1 aliphatic rings. The number of ether oxygens (including phenoxy) is 3. The summed E-state index contributed by atoms with van der Waals surface area (Å²) in [5.41, 5.74) is 9.04. The molecule has 22 heavy (non-hydrogen) atoms. The van der Waals surface area contributed by atoms with E-state index in [9.17, 15) is 4.79 Å². The smallest absolute Gasteiger partial charge is 0.194 e. The molecule has 0 amide bonds. The average molecular weight is 305 g/mol. The van der Waals surface area contributed by atoms with E-state index in [2.05, 4.69) is 10.0 Å². The molecule has 1 fully saturated rings. The van der Waals surface area contributed by atoms with Crippen LogP contribution in [0.1, 0.15) is 23.2 Å². The topological polar surface area (TPSA) is 93.5 Å². The van der Waals surface area contributed by atoms with Gasteiger partial charge >= 0.3 is 0 Å². The van der Waals surface area contributed by atoms with Crippen molar-refractivity contribution < 1.29 is 19.0 Å². The Hall–Kier alpha value is -1.92. The third kappa shape index (κ3) is 3.45. The zero-order valence-electron chi connectivity index (χ0n) is 12.6. The molecule has 1 unspecified atom stereocenters. The molecule has 1 saturated heterocycles. The van der Waals surface area contributed by atoms with Gasteiger partial charge in [-0.2, -0.15) is 0 Å². The average Bonchev–Trinajstić information content (AvgIpc) is 2.99. The molecule has 1 aromatic rings. The van der Waals surface area contributed by atoms with Crippen LogP contribution in [0, 0.1) is 0 Å². The summed E-state index contributed by atoms with van der Waals surface area (Å²) in [4.78, 5) is 15.3. The molecule has 7 heteroatoms. The quantitative estimate of drug-likeness (QED) is 0.335. The Balaban J connectivity index is 2.12. The summed E-state index contributed by atoms with van der Waals surface area (Å²) in [6.07, 6.45) is -0.0295. The van der Waals surface area contributed by atoms with Gasteiger partial charge in [0.15, 0.2) is 11.6 Å². The Kier molecular flexibility index (Phi) is 5.51. The van der Waals surface area contributed by atoms with Crippen LogP contribution in [-0.2, 0) is 14.2 Å². The van der Waals surface area contributed by atoms with Crippen molar-refractivity contribution in [3.8, 4) is 0 Å². The Bertz CT molecular complexity index is 559. The summed E-state index contributed by atoms with van der Waals surface area (Å²) in [6, 6.07) is 8.94. The minimum absolute atomic E-state index is 0.0620. The molecule has 0 N–H and O–H groups in total. The lowest BCUT2D eigenvalue weighted by Gasteiger charge is -2.28. The number of nitrogens with zero attached hydrogens (tertiary/aromatic N) is 3. The standard InChI is InChI=1S/C15H19N3O4/c1-20-14(13(19)11-6-4-3-5-7-11)12-8-9-15(21-2,22-12)10-17-18-16/h3-7,12,14H,8-10H2,1-2H3/t12-,14?,15+/m0/s1. The molecule has 1 aliphatic heterocycles. The number of azide groups is 1. The highest BCUT2D eigenvalue weighted by atomic mass is 16.7. The lowest BCUT2D eigenvalue weighted by Crippen LogP contribution is -2.41. The van der Waals surface area contributed by atoms with E-state index in [1.807, 2.05) is 6.07 Å². The van der Waals surface area contributed by atoms with E-state index in [4.69, 9.17) is 19.7 Å². The predicted molar refractivity (Wildman–Crippen MR) is 79.4 cm³/mol. The summed E-state index contributed by atoms with van der Waals surface area (Å²) in [5.74, 6) is -1.12. The first kappa shape index (κ1) is 16.5. The van der Waals surface area contributed by atoms with Crippen LogP contribution in [0.15, 0.2) is 35.4 Å². The van der Waals surface area contributed by atoms with Crippen molar-refractivity contribution in [2.75, 3.05) is 20.8 Å². The molecular formula is C15H19N3O4. The Labute approximate surface area is 128 Å². The fourth-order valence-electron chi connectivity index (χ4n) is 2.63. The highest BCUT2D eigenvalue weighted by Gasteiger charge is 2.45. The maximum absolute atomic E-state index is 12.5. The Morgan fingerprint density at radius 2 is 2.23 bits per heavy atom. The van der Waals surface area contributed by atoms with Gasteiger partial charge in [-0.1, -0.05) is 35.4 Å². The van der Waals surface area contributed by atoms with Crippen molar-refractivity contribution in [3.05, 3.63) is 46.3 Å². The predicted octanol–water partition coefficient (Wildman–Crippen LogP) is 2.72. The van der Waals surface area contributed by atoms with E-state index in [0.717, 1.165) is 0 Å². The maximum atomic E-state index is 12.5. The zero-order valence-corrected chi connectivity index (χ0v) is 12.6. The molecule has 118 valence electrons. The van der Waals surface area contributed by atoms with Crippen LogP contribution in [0.3, 0.4) is 0 Å². The summed E-state index contributed by atoms with van der Waals surface area (Å²) in [7, 11) is 2.98. The molecule has 0 aliphatic carbocycles. The SMILES string of the molecule is COC(C(=O)c1ccccc1)[C@@H]1CC[C@@](CN=[N+]=[N-])(OC)O1. The van der Waals surface area contributed by atoms with E-state index < -0.39 is 18.0 Å². The van der Waals surface area contributed by atoms with Gasteiger partial charge in [-0.15, -0.1) is 0 Å². The molecule has 1 aromatic carbocycles. The van der Waals surface area contributed by atoms with Gasteiger partial charge in [0.25, 0.3) is 0 Å². The van der Waals surface area contributed by atoms with Crippen LogP contribution < -0.4 is 0 Å². The van der Waals surface area contributed by atoms with Gasteiger partial charge in [0.1, 0.15) is 6.10 Å². The maximum Gasteiger partial charge on any atom is 0.194 e. The lowest BCUT2D eigenvalue weighted by molar-refractivity contribution is -0.215. The highest BCUT2D eigenvalue weighted by Crippen LogP contribution is 2.34. The fraction of sp³-hybridized carbons (Fsp3) is 0.533. The number of methoxy groups -OCH3 is 2. The molecule has 2 rings (SSSR count). The molecule has 1 heterocycles. The second kappa shape index (κ2) is 7.38. The number of benzene rings is 1. The zero-order chi connectivity index (χ0) is 16.0. The van der Waals surface area contributed by atoms with Gasteiger partial charge in [-0.05, 0) is 12.0 Å². The largest absolute Gasteiger partial charge is 0.371 e. The molecule has 7 nitrogen and oxygen atoms in total. The number of rotatable bonds is 7. The second-order valence-corrected chi connectivity index (χ2v) is 5.09. The van der Waals surface area contributed by atoms with E-state index in [-0.39, 0.29) is 12.3 Å². The van der Waals surface area contributed by atoms with Crippen LogP contribution in [-0.4, -0.2) is 44.5 Å². The number of hydrogen-bond donors (Lipinski definition) is 0. The molecule has 0 radical (unpaired) electrons. The molecular weight excluding hydrogens is 286 g/mol. The number of hydrogen-bond acceptors (Lipinski definition) is 5. The van der Waals surface area contributed by atoms with Crippen molar-refractivity contribution in [2.45, 2.75) is 30.8 Å². The minimum atomic E-state index is -0.982. The molecule has 0 saturated carbocycles. The van der Waals surface area contributed by atoms with Crippen molar-refractivity contribution in [1.82, 2.24) is 0 Å². The normalized spacial score (nSPS) is 25.5. The third-order valence-corrected chi connectivity index (χ3v) is 3.83. The molecule has 0 spiro atoms. The summed E-state index contributed by atoms with van der Waals surface area (Å²) in [6.45, 7) is 0.0620. The van der Waals surface area contributed by atoms with E-state index in [1.165, 1.54) is 14.2 Å². The van der Waals surface area contributed by atoms with Gasteiger partial charge in [0, 0.05) is 31.1 Å². The van der Waals surface area contributed by atoms with Crippen molar-refractivity contribution in [3.63, 3.8) is 0 Å². The fourth-order valence-corrected chi connectivity index (χ4v) is 2.63. The Morgan fingerprint density at radius 1 is 1.50 bits per heavy atom. The highest BCUT2D eigenvalue weighted by molar-refractivity contribution is 5.99. The number of ketones is 1. The first-order valence-corrected chi connectivity index (χ1v) is 7.01.